The molecule has 1 heterocycles. The quantitative estimate of drug-likeness (QED) is 0.866. The van der Waals surface area contributed by atoms with E-state index in [2.05, 4.69) is 10.1 Å². The highest BCUT2D eigenvalue weighted by Gasteiger charge is 2.38. The van der Waals surface area contributed by atoms with Crippen LogP contribution in [0.5, 0.6) is 5.75 Å². The summed E-state index contributed by atoms with van der Waals surface area (Å²) in [6, 6.07) is 4.49. The van der Waals surface area contributed by atoms with E-state index < -0.39 is 24.1 Å². The minimum absolute atomic E-state index is 0.0129. The van der Waals surface area contributed by atoms with Gasteiger partial charge in [0.1, 0.15) is 6.04 Å². The molecule has 0 saturated carbocycles. The second-order valence-corrected chi connectivity index (χ2v) is 4.42. The van der Waals surface area contributed by atoms with Crippen LogP contribution in [0.4, 0.5) is 18.9 Å². The average Bonchev–Trinajstić information content (AvgIpc) is 2.65. The molecule has 0 radical (unpaired) electrons. The molecule has 5 nitrogen and oxygen atoms in total. The number of imide groups is 1. The number of anilines is 1. The SMILES string of the molecule is CCN1C(=O)CC(Nc2ccccc2OC(F)(F)F)C1=O. The number of ether oxygens (including phenoxy) is 1. The summed E-state index contributed by atoms with van der Waals surface area (Å²) in [5, 5.41) is 2.64. The number of likely N-dealkylation sites (N-methyl/N-ethyl adjacent to an activating group) is 1. The molecular formula is C13H13F3N2O3. The Balaban J connectivity index is 2.17. The molecule has 1 aliphatic rings. The number of halogens is 3. The van der Waals surface area contributed by atoms with Gasteiger partial charge in [-0.3, -0.25) is 14.5 Å². The van der Waals surface area contributed by atoms with Gasteiger partial charge in [0.05, 0.1) is 12.1 Å². The molecule has 21 heavy (non-hydrogen) atoms. The summed E-state index contributed by atoms with van der Waals surface area (Å²) >= 11 is 0. The van der Waals surface area contributed by atoms with Crippen molar-refractivity contribution in [1.29, 1.82) is 0 Å². The molecule has 8 heteroatoms. The number of hydrogen-bond donors (Lipinski definition) is 1. The molecule has 1 atom stereocenters. The largest absolute Gasteiger partial charge is 0.573 e. The molecule has 0 aliphatic carbocycles. The van der Waals surface area contributed by atoms with Crippen molar-refractivity contribution in [3.05, 3.63) is 24.3 Å². The van der Waals surface area contributed by atoms with Gasteiger partial charge in [-0.05, 0) is 19.1 Å². The molecule has 2 rings (SSSR count). The van der Waals surface area contributed by atoms with Crippen molar-refractivity contribution in [2.75, 3.05) is 11.9 Å². The molecule has 1 aromatic rings. The first kappa shape index (κ1) is 15.1. The average molecular weight is 302 g/mol. The lowest BCUT2D eigenvalue weighted by Crippen LogP contribution is -2.34. The number of benzene rings is 1. The first-order chi connectivity index (χ1) is 9.81. The zero-order valence-corrected chi connectivity index (χ0v) is 11.1. The van der Waals surface area contributed by atoms with Crippen LogP contribution >= 0.6 is 0 Å². The Hall–Kier alpha value is -2.25. The van der Waals surface area contributed by atoms with Crippen molar-refractivity contribution in [2.45, 2.75) is 25.7 Å². The molecule has 1 N–H and O–H groups in total. The fourth-order valence-electron chi connectivity index (χ4n) is 2.12. The summed E-state index contributed by atoms with van der Waals surface area (Å²) in [5.74, 6) is -1.25. The smallest absolute Gasteiger partial charge is 0.404 e. The molecule has 1 saturated heterocycles. The van der Waals surface area contributed by atoms with Gasteiger partial charge in [0.15, 0.2) is 5.75 Å². The first-order valence-electron chi connectivity index (χ1n) is 6.27. The van der Waals surface area contributed by atoms with Crippen molar-refractivity contribution < 1.29 is 27.5 Å². The van der Waals surface area contributed by atoms with E-state index in [-0.39, 0.29) is 24.6 Å². The van der Waals surface area contributed by atoms with Crippen LogP contribution in [0.15, 0.2) is 24.3 Å². The fourth-order valence-corrected chi connectivity index (χ4v) is 2.12. The van der Waals surface area contributed by atoms with E-state index in [0.29, 0.717) is 0 Å². The Morgan fingerprint density at radius 1 is 1.33 bits per heavy atom. The van der Waals surface area contributed by atoms with E-state index in [1.807, 2.05) is 0 Å². The van der Waals surface area contributed by atoms with Crippen LogP contribution in [0.25, 0.3) is 0 Å². The van der Waals surface area contributed by atoms with E-state index in [0.717, 1.165) is 11.0 Å². The lowest BCUT2D eigenvalue weighted by atomic mass is 10.2. The second kappa shape index (κ2) is 5.63. The highest BCUT2D eigenvalue weighted by molar-refractivity contribution is 6.06. The van der Waals surface area contributed by atoms with Crippen molar-refractivity contribution in [2.24, 2.45) is 0 Å². The topological polar surface area (TPSA) is 58.6 Å². The van der Waals surface area contributed by atoms with Crippen molar-refractivity contribution in [3.63, 3.8) is 0 Å². The van der Waals surface area contributed by atoms with Gasteiger partial charge in [0.2, 0.25) is 5.91 Å². The zero-order valence-electron chi connectivity index (χ0n) is 11.1. The Morgan fingerprint density at radius 2 is 2.00 bits per heavy atom. The van der Waals surface area contributed by atoms with Gasteiger partial charge < -0.3 is 10.1 Å². The van der Waals surface area contributed by atoms with E-state index in [9.17, 15) is 22.8 Å². The van der Waals surface area contributed by atoms with Gasteiger partial charge >= 0.3 is 6.36 Å². The lowest BCUT2D eigenvalue weighted by molar-refractivity contribution is -0.274. The van der Waals surface area contributed by atoms with Crippen LogP contribution < -0.4 is 10.1 Å². The monoisotopic (exact) mass is 302 g/mol. The number of hydrogen-bond acceptors (Lipinski definition) is 4. The van der Waals surface area contributed by atoms with Gasteiger partial charge in [-0.2, -0.15) is 0 Å². The predicted octanol–water partition coefficient (Wildman–Crippen LogP) is 2.14. The maximum absolute atomic E-state index is 12.3. The zero-order chi connectivity index (χ0) is 15.6. The molecule has 1 fully saturated rings. The summed E-state index contributed by atoms with van der Waals surface area (Å²) in [4.78, 5) is 24.6. The summed E-state index contributed by atoms with van der Waals surface area (Å²) in [7, 11) is 0. The molecule has 0 aromatic heterocycles. The second-order valence-electron chi connectivity index (χ2n) is 4.42. The van der Waals surface area contributed by atoms with Crippen LogP contribution in [0.2, 0.25) is 0 Å². The highest BCUT2D eigenvalue weighted by Crippen LogP contribution is 2.31. The van der Waals surface area contributed by atoms with E-state index >= 15 is 0 Å². The standard InChI is InChI=1S/C13H13F3N2O3/c1-2-18-11(19)7-9(12(18)20)17-8-5-3-4-6-10(8)21-13(14,15)16/h3-6,9,17H,2,7H2,1H3. The normalized spacial score (nSPS) is 19.0. The van der Waals surface area contributed by atoms with E-state index in [1.54, 1.807) is 6.92 Å². The number of amides is 2. The minimum Gasteiger partial charge on any atom is -0.404 e. The van der Waals surface area contributed by atoms with Gasteiger partial charge in [-0.25, -0.2) is 0 Å². The Labute approximate surface area is 118 Å². The molecule has 2 amide bonds. The Morgan fingerprint density at radius 3 is 2.57 bits per heavy atom. The third-order valence-electron chi connectivity index (χ3n) is 3.00. The molecular weight excluding hydrogens is 289 g/mol. The number of carbonyl (C=O) groups is 2. The predicted molar refractivity (Wildman–Crippen MR) is 67.5 cm³/mol. The number of carbonyl (C=O) groups excluding carboxylic acids is 2. The maximum atomic E-state index is 12.3. The number of para-hydroxylation sites is 2. The third-order valence-corrected chi connectivity index (χ3v) is 3.00. The third kappa shape index (κ3) is 3.45. The van der Waals surface area contributed by atoms with Crippen LogP contribution in [-0.2, 0) is 9.59 Å². The van der Waals surface area contributed by atoms with Crippen molar-refractivity contribution in [1.82, 2.24) is 4.90 Å². The maximum Gasteiger partial charge on any atom is 0.573 e. The fraction of sp³-hybridized carbons (Fsp3) is 0.385. The van der Waals surface area contributed by atoms with Crippen LogP contribution in [-0.4, -0.2) is 35.7 Å². The van der Waals surface area contributed by atoms with Crippen LogP contribution in [0.3, 0.4) is 0 Å². The Bertz CT molecular complexity index is 560. The Kier molecular flexibility index (Phi) is 4.06. The number of nitrogens with one attached hydrogen (secondary N) is 1. The summed E-state index contributed by atoms with van der Waals surface area (Å²) in [5.41, 5.74) is 0.0129. The van der Waals surface area contributed by atoms with Gasteiger partial charge in [0.25, 0.3) is 5.91 Å². The van der Waals surface area contributed by atoms with Gasteiger partial charge in [0, 0.05) is 6.54 Å². The summed E-state index contributed by atoms with van der Waals surface area (Å²) < 4.78 is 40.8. The molecule has 1 unspecified atom stereocenters. The lowest BCUT2D eigenvalue weighted by Gasteiger charge is -2.17. The first-order valence-corrected chi connectivity index (χ1v) is 6.27. The molecule has 0 spiro atoms. The minimum atomic E-state index is -4.83. The van der Waals surface area contributed by atoms with Crippen LogP contribution in [0, 0.1) is 0 Å². The van der Waals surface area contributed by atoms with E-state index in [1.165, 1.54) is 18.2 Å². The molecule has 1 aliphatic heterocycles. The molecule has 114 valence electrons. The van der Waals surface area contributed by atoms with Crippen LogP contribution in [0.1, 0.15) is 13.3 Å². The van der Waals surface area contributed by atoms with Gasteiger partial charge in [-0.1, -0.05) is 12.1 Å². The number of alkyl halides is 3. The van der Waals surface area contributed by atoms with E-state index in [4.69, 9.17) is 0 Å². The summed E-state index contributed by atoms with van der Waals surface area (Å²) in [6.45, 7) is 1.88. The summed E-state index contributed by atoms with van der Waals surface area (Å²) in [6.07, 6.45) is -4.92. The number of likely N-dealkylation sites (tertiary alicyclic amines) is 1. The molecule has 0 bridgehead atoms. The van der Waals surface area contributed by atoms with Gasteiger partial charge in [-0.15, -0.1) is 13.2 Å². The highest BCUT2D eigenvalue weighted by atomic mass is 19.4. The van der Waals surface area contributed by atoms with Crippen molar-refractivity contribution in [3.8, 4) is 5.75 Å². The molecule has 1 aromatic carbocycles. The number of rotatable bonds is 4. The van der Waals surface area contributed by atoms with Crippen molar-refractivity contribution >= 4 is 17.5 Å². The number of nitrogens with zero attached hydrogens (tertiary/aromatic N) is 1.